The Balaban J connectivity index is 1.68. The van der Waals surface area contributed by atoms with Gasteiger partial charge in [-0.25, -0.2) is 17.8 Å². The highest BCUT2D eigenvalue weighted by Gasteiger charge is 2.25. The van der Waals surface area contributed by atoms with Crippen LogP contribution in [0.3, 0.4) is 0 Å². The first-order chi connectivity index (χ1) is 16.7. The van der Waals surface area contributed by atoms with Gasteiger partial charge in [-0.1, -0.05) is 35.6 Å². The van der Waals surface area contributed by atoms with Crippen LogP contribution >= 0.6 is 11.3 Å². The number of fused-ring (bicyclic) bond motifs is 1. The number of hydrogen-bond donors (Lipinski definition) is 1. The molecular weight excluding hydrogens is 487 g/mol. The largest absolute Gasteiger partial charge is 0.309 e. The summed E-state index contributed by atoms with van der Waals surface area (Å²) in [5, 5.41) is 0.547. The molecule has 0 saturated carbocycles. The molecule has 0 aliphatic rings. The SMILES string of the molecule is CN(C)CCCN(C(=O)c1ccccc1NS(=O)(=O)c1ccc(F)cc1)c1nc2ccccc2s1. The summed E-state index contributed by atoms with van der Waals surface area (Å²) in [5.41, 5.74) is 1.13. The number of carbonyl (C=O) groups is 1. The highest BCUT2D eigenvalue weighted by atomic mass is 32.2. The number of sulfonamides is 1. The molecule has 182 valence electrons. The van der Waals surface area contributed by atoms with Crippen molar-refractivity contribution in [3.63, 3.8) is 0 Å². The number of anilines is 2. The molecule has 3 aromatic carbocycles. The molecule has 0 aliphatic carbocycles. The second-order valence-corrected chi connectivity index (χ2v) is 10.9. The molecular formula is C25H25FN4O3S2. The van der Waals surface area contributed by atoms with Gasteiger partial charge in [-0.3, -0.25) is 14.4 Å². The van der Waals surface area contributed by atoms with Gasteiger partial charge in [0.2, 0.25) is 0 Å². The molecule has 0 radical (unpaired) electrons. The Labute approximate surface area is 207 Å². The quantitative estimate of drug-likeness (QED) is 0.347. The summed E-state index contributed by atoms with van der Waals surface area (Å²) in [7, 11) is -0.109. The van der Waals surface area contributed by atoms with Crippen molar-refractivity contribution in [3.8, 4) is 0 Å². The molecule has 0 bridgehead atoms. The van der Waals surface area contributed by atoms with Crippen molar-refractivity contribution in [2.24, 2.45) is 0 Å². The molecule has 0 spiro atoms. The Kier molecular flexibility index (Phi) is 7.44. The van der Waals surface area contributed by atoms with E-state index in [1.54, 1.807) is 23.1 Å². The first-order valence-electron chi connectivity index (χ1n) is 10.9. The molecule has 0 saturated heterocycles. The first kappa shape index (κ1) is 24.8. The lowest BCUT2D eigenvalue weighted by Crippen LogP contribution is -2.34. The maximum Gasteiger partial charge on any atom is 0.262 e. The number of amides is 1. The first-order valence-corrected chi connectivity index (χ1v) is 13.2. The molecule has 4 aromatic rings. The minimum atomic E-state index is -4.03. The maximum absolute atomic E-state index is 13.8. The van der Waals surface area contributed by atoms with Crippen molar-refractivity contribution in [1.29, 1.82) is 0 Å². The van der Waals surface area contributed by atoms with Gasteiger partial charge in [0.25, 0.3) is 15.9 Å². The van der Waals surface area contributed by atoms with Crippen LogP contribution in [-0.2, 0) is 10.0 Å². The summed E-state index contributed by atoms with van der Waals surface area (Å²) in [6.07, 6.45) is 0.706. The van der Waals surface area contributed by atoms with Gasteiger partial charge in [0.15, 0.2) is 5.13 Å². The average molecular weight is 513 g/mol. The molecule has 7 nitrogen and oxygen atoms in total. The molecule has 35 heavy (non-hydrogen) atoms. The summed E-state index contributed by atoms with van der Waals surface area (Å²) in [5.74, 6) is -0.899. The number of benzene rings is 3. The van der Waals surface area contributed by atoms with Crippen LogP contribution < -0.4 is 9.62 Å². The Morgan fingerprint density at radius 3 is 2.37 bits per heavy atom. The Morgan fingerprint density at radius 2 is 1.66 bits per heavy atom. The predicted molar refractivity (Wildman–Crippen MR) is 138 cm³/mol. The normalized spacial score (nSPS) is 11.7. The molecule has 1 heterocycles. The van der Waals surface area contributed by atoms with Crippen LogP contribution in [0.2, 0.25) is 0 Å². The van der Waals surface area contributed by atoms with E-state index in [1.807, 2.05) is 43.3 Å². The van der Waals surface area contributed by atoms with Gasteiger partial charge in [0, 0.05) is 6.54 Å². The van der Waals surface area contributed by atoms with E-state index in [1.165, 1.54) is 29.5 Å². The minimum Gasteiger partial charge on any atom is -0.309 e. The van der Waals surface area contributed by atoms with E-state index in [9.17, 15) is 17.6 Å². The van der Waals surface area contributed by atoms with Gasteiger partial charge in [-0.2, -0.15) is 0 Å². The molecule has 10 heteroatoms. The van der Waals surface area contributed by atoms with Crippen LogP contribution in [0, 0.1) is 5.82 Å². The summed E-state index contributed by atoms with van der Waals surface area (Å²) in [6.45, 7) is 1.18. The lowest BCUT2D eigenvalue weighted by atomic mass is 10.1. The molecule has 0 atom stereocenters. The van der Waals surface area contributed by atoms with Crippen molar-refractivity contribution < 1.29 is 17.6 Å². The topological polar surface area (TPSA) is 82.6 Å². The van der Waals surface area contributed by atoms with E-state index in [4.69, 9.17) is 0 Å². The zero-order valence-electron chi connectivity index (χ0n) is 19.3. The molecule has 1 aromatic heterocycles. The fraction of sp³-hybridized carbons (Fsp3) is 0.200. The van der Waals surface area contributed by atoms with Crippen molar-refractivity contribution in [2.45, 2.75) is 11.3 Å². The second-order valence-electron chi connectivity index (χ2n) is 8.18. The summed E-state index contributed by atoms with van der Waals surface area (Å²) < 4.78 is 42.6. The third-order valence-corrected chi connectivity index (χ3v) is 7.71. The number of rotatable bonds is 9. The zero-order chi connectivity index (χ0) is 25.0. The van der Waals surface area contributed by atoms with Gasteiger partial charge < -0.3 is 4.90 Å². The average Bonchev–Trinajstić information content (AvgIpc) is 3.25. The van der Waals surface area contributed by atoms with E-state index in [-0.39, 0.29) is 22.1 Å². The van der Waals surface area contributed by atoms with Gasteiger partial charge in [0.05, 0.1) is 26.4 Å². The van der Waals surface area contributed by atoms with Gasteiger partial charge in [0.1, 0.15) is 5.82 Å². The number of para-hydroxylation sites is 2. The number of thiazole rings is 1. The lowest BCUT2D eigenvalue weighted by Gasteiger charge is -2.22. The van der Waals surface area contributed by atoms with Crippen LogP contribution in [0.25, 0.3) is 10.2 Å². The van der Waals surface area contributed by atoms with Crippen LogP contribution in [-0.4, -0.2) is 51.4 Å². The van der Waals surface area contributed by atoms with Gasteiger partial charge in [-0.15, -0.1) is 0 Å². The third-order valence-electron chi connectivity index (χ3n) is 5.27. The fourth-order valence-electron chi connectivity index (χ4n) is 3.53. The highest BCUT2D eigenvalue weighted by molar-refractivity contribution is 7.92. The third kappa shape index (κ3) is 5.84. The Hall–Kier alpha value is -3.34. The van der Waals surface area contributed by atoms with E-state index >= 15 is 0 Å². The van der Waals surface area contributed by atoms with E-state index in [0.29, 0.717) is 18.1 Å². The van der Waals surface area contributed by atoms with E-state index in [2.05, 4.69) is 9.71 Å². The highest BCUT2D eigenvalue weighted by Crippen LogP contribution is 2.31. The minimum absolute atomic E-state index is 0.102. The monoisotopic (exact) mass is 512 g/mol. The van der Waals surface area contributed by atoms with Crippen LogP contribution in [0.4, 0.5) is 15.2 Å². The molecule has 0 aliphatic heterocycles. The lowest BCUT2D eigenvalue weighted by molar-refractivity contribution is 0.0987. The number of carbonyl (C=O) groups excluding carboxylic acids is 1. The smallest absolute Gasteiger partial charge is 0.262 e. The number of nitrogens with one attached hydrogen (secondary N) is 1. The second kappa shape index (κ2) is 10.5. The number of aromatic nitrogens is 1. The molecule has 0 unspecified atom stereocenters. The fourth-order valence-corrected chi connectivity index (χ4v) is 5.60. The van der Waals surface area contributed by atoms with Crippen molar-refractivity contribution in [3.05, 3.63) is 84.2 Å². The van der Waals surface area contributed by atoms with Gasteiger partial charge >= 0.3 is 0 Å². The van der Waals surface area contributed by atoms with Crippen LogP contribution in [0.1, 0.15) is 16.8 Å². The van der Waals surface area contributed by atoms with Gasteiger partial charge in [-0.05, 0) is 75.6 Å². The Bertz CT molecular complexity index is 1400. The van der Waals surface area contributed by atoms with E-state index in [0.717, 1.165) is 28.9 Å². The number of nitrogens with zero attached hydrogens (tertiary/aromatic N) is 3. The molecule has 1 amide bonds. The van der Waals surface area contributed by atoms with Crippen LogP contribution in [0.5, 0.6) is 0 Å². The van der Waals surface area contributed by atoms with Crippen molar-refractivity contribution in [2.75, 3.05) is 36.8 Å². The summed E-state index contributed by atoms with van der Waals surface area (Å²) in [4.78, 5) is 22.0. The zero-order valence-corrected chi connectivity index (χ0v) is 20.9. The van der Waals surface area contributed by atoms with E-state index < -0.39 is 15.8 Å². The maximum atomic E-state index is 13.8. The molecule has 1 N–H and O–H groups in total. The summed E-state index contributed by atoms with van der Waals surface area (Å²) >= 11 is 1.41. The number of halogens is 1. The molecule has 4 rings (SSSR count). The summed E-state index contributed by atoms with van der Waals surface area (Å²) in [6, 6.07) is 18.6. The van der Waals surface area contributed by atoms with Crippen molar-refractivity contribution >= 4 is 48.3 Å². The Morgan fingerprint density at radius 1 is 0.971 bits per heavy atom. The predicted octanol–water partition coefficient (Wildman–Crippen LogP) is 4.83. The standard InChI is InChI=1S/C25H25FN4O3S2/c1-29(2)16-7-17-30(25-27-22-10-5-6-11-23(22)34-25)24(31)20-8-3-4-9-21(20)28-35(32,33)19-14-12-18(26)13-15-19/h3-6,8-15,28H,7,16-17H2,1-2H3. The number of hydrogen-bond acceptors (Lipinski definition) is 6. The van der Waals surface area contributed by atoms with Crippen LogP contribution in [0.15, 0.2) is 77.7 Å². The molecule has 0 fully saturated rings. The van der Waals surface area contributed by atoms with Crippen molar-refractivity contribution in [1.82, 2.24) is 9.88 Å².